The lowest BCUT2D eigenvalue weighted by Crippen LogP contribution is -2.12. The van der Waals surface area contributed by atoms with Gasteiger partial charge in [0.2, 0.25) is 0 Å². The number of benzene rings is 1. The molecule has 1 aromatic rings. The molecule has 2 N–H and O–H groups in total. The minimum Gasteiger partial charge on any atom is -0.392 e. The molecular formula is C9H9NO2. The van der Waals surface area contributed by atoms with Crippen molar-refractivity contribution in [1.82, 2.24) is 5.32 Å². The second kappa shape index (κ2) is 2.60. The highest BCUT2D eigenvalue weighted by Gasteiger charge is 2.17. The summed E-state index contributed by atoms with van der Waals surface area (Å²) in [5, 5.41) is 11.5. The first-order valence-electron chi connectivity index (χ1n) is 3.82. The lowest BCUT2D eigenvalue weighted by atomic mass is 10.1. The number of carbonyl (C=O) groups is 1. The summed E-state index contributed by atoms with van der Waals surface area (Å²) in [4.78, 5) is 11.1. The average Bonchev–Trinajstić information content (AvgIpc) is 2.47. The highest BCUT2D eigenvalue weighted by molar-refractivity contribution is 5.98. The van der Waals surface area contributed by atoms with Gasteiger partial charge in [0.1, 0.15) is 0 Å². The molecule has 0 fully saturated rings. The number of aliphatic hydroxyl groups excluding tert-OH is 1. The summed E-state index contributed by atoms with van der Waals surface area (Å²) < 4.78 is 0. The number of nitrogens with one attached hydrogen (secondary N) is 1. The number of carbonyl (C=O) groups excluding carboxylic acids is 1. The molecule has 0 aliphatic carbocycles. The molecule has 0 unspecified atom stereocenters. The van der Waals surface area contributed by atoms with Crippen LogP contribution in [0.3, 0.4) is 0 Å². The first-order valence-corrected chi connectivity index (χ1v) is 3.82. The summed E-state index contributed by atoms with van der Waals surface area (Å²) in [7, 11) is 0. The molecule has 1 aliphatic heterocycles. The Morgan fingerprint density at radius 2 is 2.33 bits per heavy atom. The van der Waals surface area contributed by atoms with Crippen molar-refractivity contribution >= 4 is 5.91 Å². The van der Waals surface area contributed by atoms with Crippen molar-refractivity contribution in [2.24, 2.45) is 0 Å². The van der Waals surface area contributed by atoms with Gasteiger partial charge >= 0.3 is 0 Å². The Balaban J connectivity index is 2.48. The molecule has 12 heavy (non-hydrogen) atoms. The van der Waals surface area contributed by atoms with Crippen molar-refractivity contribution in [3.63, 3.8) is 0 Å². The van der Waals surface area contributed by atoms with Gasteiger partial charge in [-0.25, -0.2) is 0 Å². The fourth-order valence-electron chi connectivity index (χ4n) is 1.38. The van der Waals surface area contributed by atoms with Crippen LogP contribution in [0.25, 0.3) is 0 Å². The highest BCUT2D eigenvalue weighted by atomic mass is 16.3. The Morgan fingerprint density at radius 1 is 1.50 bits per heavy atom. The van der Waals surface area contributed by atoms with Gasteiger partial charge in [-0.2, -0.15) is 0 Å². The fourth-order valence-corrected chi connectivity index (χ4v) is 1.38. The van der Waals surface area contributed by atoms with E-state index in [4.69, 9.17) is 5.11 Å². The maximum Gasteiger partial charge on any atom is 0.251 e. The summed E-state index contributed by atoms with van der Waals surface area (Å²) in [6, 6.07) is 5.38. The predicted molar refractivity (Wildman–Crippen MR) is 43.5 cm³/mol. The van der Waals surface area contributed by atoms with Crippen molar-refractivity contribution in [1.29, 1.82) is 0 Å². The molecular weight excluding hydrogens is 154 g/mol. The fraction of sp³-hybridized carbons (Fsp3) is 0.222. The van der Waals surface area contributed by atoms with Crippen LogP contribution < -0.4 is 5.32 Å². The molecule has 0 aromatic heterocycles. The molecule has 0 saturated heterocycles. The average molecular weight is 163 g/mol. The molecule has 1 aliphatic rings. The van der Waals surface area contributed by atoms with E-state index in [9.17, 15) is 4.79 Å². The van der Waals surface area contributed by atoms with Gasteiger partial charge in [-0.05, 0) is 17.2 Å². The number of hydrogen-bond acceptors (Lipinski definition) is 2. The minimum atomic E-state index is -0.0190. The van der Waals surface area contributed by atoms with Crippen molar-refractivity contribution in [2.45, 2.75) is 13.2 Å². The van der Waals surface area contributed by atoms with E-state index in [1.54, 1.807) is 12.1 Å². The van der Waals surface area contributed by atoms with Gasteiger partial charge in [0.05, 0.1) is 6.61 Å². The summed E-state index contributed by atoms with van der Waals surface area (Å²) in [5.41, 5.74) is 2.56. The number of aliphatic hydroxyl groups is 1. The minimum absolute atomic E-state index is 0.0190. The molecule has 1 heterocycles. The van der Waals surface area contributed by atoms with Crippen molar-refractivity contribution in [3.05, 3.63) is 34.9 Å². The zero-order chi connectivity index (χ0) is 8.55. The van der Waals surface area contributed by atoms with E-state index in [1.165, 1.54) is 0 Å². The van der Waals surface area contributed by atoms with Gasteiger partial charge < -0.3 is 10.4 Å². The maximum absolute atomic E-state index is 11.1. The molecule has 3 nitrogen and oxygen atoms in total. The van der Waals surface area contributed by atoms with Crippen LogP contribution in [0.4, 0.5) is 0 Å². The van der Waals surface area contributed by atoms with Crippen LogP contribution in [0.15, 0.2) is 18.2 Å². The molecule has 2 rings (SSSR count). The standard InChI is InChI=1S/C9H9NO2/c11-5-6-1-2-8-7(3-6)4-10-9(8)12/h1-3,11H,4-5H2,(H,10,12). The van der Waals surface area contributed by atoms with Crippen LogP contribution >= 0.6 is 0 Å². The summed E-state index contributed by atoms with van der Waals surface area (Å²) in [6.45, 7) is 0.615. The third-order valence-electron chi connectivity index (χ3n) is 2.04. The van der Waals surface area contributed by atoms with Gasteiger partial charge in [0.15, 0.2) is 0 Å². The molecule has 62 valence electrons. The molecule has 0 saturated carbocycles. The maximum atomic E-state index is 11.1. The van der Waals surface area contributed by atoms with Gasteiger partial charge in [0.25, 0.3) is 5.91 Å². The zero-order valence-corrected chi connectivity index (χ0v) is 6.50. The molecule has 0 spiro atoms. The lowest BCUT2D eigenvalue weighted by molar-refractivity contribution is 0.0965. The molecule has 3 heteroatoms. The Hall–Kier alpha value is -1.35. The topological polar surface area (TPSA) is 49.3 Å². The largest absolute Gasteiger partial charge is 0.392 e. The van der Waals surface area contributed by atoms with Gasteiger partial charge in [0, 0.05) is 12.1 Å². The van der Waals surface area contributed by atoms with Crippen LogP contribution in [0.2, 0.25) is 0 Å². The number of rotatable bonds is 1. The second-order valence-corrected chi connectivity index (χ2v) is 2.83. The van der Waals surface area contributed by atoms with Crippen LogP contribution in [-0.4, -0.2) is 11.0 Å². The summed E-state index contributed by atoms with van der Waals surface area (Å²) >= 11 is 0. The van der Waals surface area contributed by atoms with Crippen LogP contribution in [-0.2, 0) is 13.2 Å². The quantitative estimate of drug-likeness (QED) is 0.630. The smallest absolute Gasteiger partial charge is 0.251 e. The van der Waals surface area contributed by atoms with Gasteiger partial charge in [-0.3, -0.25) is 4.79 Å². The molecule has 1 amide bonds. The van der Waals surface area contributed by atoms with Gasteiger partial charge in [-0.15, -0.1) is 0 Å². The van der Waals surface area contributed by atoms with Crippen molar-refractivity contribution in [2.75, 3.05) is 0 Å². The summed E-state index contributed by atoms with van der Waals surface area (Å²) in [5.74, 6) is -0.0190. The van der Waals surface area contributed by atoms with E-state index in [-0.39, 0.29) is 12.5 Å². The zero-order valence-electron chi connectivity index (χ0n) is 6.50. The molecule has 0 bridgehead atoms. The lowest BCUT2D eigenvalue weighted by Gasteiger charge is -1.98. The van der Waals surface area contributed by atoms with E-state index >= 15 is 0 Å². The molecule has 1 aromatic carbocycles. The van der Waals surface area contributed by atoms with Gasteiger partial charge in [-0.1, -0.05) is 12.1 Å². The van der Waals surface area contributed by atoms with Crippen LogP contribution in [0.5, 0.6) is 0 Å². The monoisotopic (exact) mass is 163 g/mol. The van der Waals surface area contributed by atoms with Crippen LogP contribution in [0, 0.1) is 0 Å². The second-order valence-electron chi connectivity index (χ2n) is 2.83. The number of hydrogen-bond donors (Lipinski definition) is 2. The Bertz CT molecular complexity index is 333. The van der Waals surface area contributed by atoms with E-state index < -0.39 is 0 Å². The highest BCUT2D eigenvalue weighted by Crippen LogP contribution is 2.16. The van der Waals surface area contributed by atoms with E-state index in [0.29, 0.717) is 6.54 Å². The van der Waals surface area contributed by atoms with Crippen molar-refractivity contribution < 1.29 is 9.90 Å². The van der Waals surface area contributed by atoms with E-state index in [2.05, 4.69) is 5.32 Å². The SMILES string of the molecule is O=C1NCc2cc(CO)ccc21. The Kier molecular flexibility index (Phi) is 1.59. The Labute approximate surface area is 70.0 Å². The molecule has 0 radical (unpaired) electrons. The third kappa shape index (κ3) is 0.987. The first-order chi connectivity index (χ1) is 5.81. The number of amides is 1. The number of fused-ring (bicyclic) bond motifs is 1. The molecule has 0 atom stereocenters. The van der Waals surface area contributed by atoms with Crippen LogP contribution in [0.1, 0.15) is 21.5 Å². The van der Waals surface area contributed by atoms with Crippen molar-refractivity contribution in [3.8, 4) is 0 Å². The Morgan fingerprint density at radius 3 is 3.08 bits per heavy atom. The van der Waals surface area contributed by atoms with E-state index in [0.717, 1.165) is 16.7 Å². The first kappa shape index (κ1) is 7.31. The normalized spacial score (nSPS) is 14.2. The third-order valence-corrected chi connectivity index (χ3v) is 2.04. The van der Waals surface area contributed by atoms with E-state index in [1.807, 2.05) is 6.07 Å². The summed E-state index contributed by atoms with van der Waals surface area (Å²) in [6.07, 6.45) is 0. The predicted octanol–water partition coefficient (Wildman–Crippen LogP) is 0.422.